The molecule has 1 atom stereocenters. The van der Waals surface area contributed by atoms with Crippen molar-refractivity contribution in [1.82, 2.24) is 4.98 Å². The number of benzene rings is 1. The smallest absolute Gasteiger partial charge is 0.183 e. The summed E-state index contributed by atoms with van der Waals surface area (Å²) in [6.45, 7) is 4.20. The van der Waals surface area contributed by atoms with E-state index in [2.05, 4.69) is 52.2 Å². The molecule has 4 heteroatoms. The van der Waals surface area contributed by atoms with Crippen LogP contribution >= 0.6 is 27.3 Å². The molecule has 1 aromatic carbocycles. The maximum Gasteiger partial charge on any atom is 0.183 e. The zero-order valence-electron chi connectivity index (χ0n) is 9.20. The predicted octanol–water partition coefficient (Wildman–Crippen LogP) is 4.39. The Morgan fingerprint density at radius 2 is 2.25 bits per heavy atom. The number of anilines is 1. The van der Waals surface area contributed by atoms with E-state index in [1.165, 1.54) is 10.4 Å². The van der Waals surface area contributed by atoms with Crippen LogP contribution in [-0.4, -0.2) is 4.98 Å². The number of hydrogen-bond donors (Lipinski definition) is 1. The first-order valence-corrected chi connectivity index (χ1v) is 6.70. The SMILES string of the molecule is Cc1cnc(NC(C)c2cccc(Br)c2)s1. The molecule has 0 aliphatic carbocycles. The molecular formula is C12H13BrN2S. The van der Waals surface area contributed by atoms with Crippen LogP contribution in [0, 0.1) is 6.92 Å². The van der Waals surface area contributed by atoms with Gasteiger partial charge in [-0.1, -0.05) is 28.1 Å². The number of rotatable bonds is 3. The highest BCUT2D eigenvalue weighted by Crippen LogP contribution is 2.24. The highest BCUT2D eigenvalue weighted by atomic mass is 79.9. The molecule has 2 aromatic rings. The van der Waals surface area contributed by atoms with Gasteiger partial charge in [0.05, 0.1) is 6.04 Å². The topological polar surface area (TPSA) is 24.9 Å². The van der Waals surface area contributed by atoms with Crippen LogP contribution in [0.4, 0.5) is 5.13 Å². The van der Waals surface area contributed by atoms with E-state index in [-0.39, 0.29) is 6.04 Å². The van der Waals surface area contributed by atoms with E-state index in [4.69, 9.17) is 0 Å². The van der Waals surface area contributed by atoms with E-state index >= 15 is 0 Å². The quantitative estimate of drug-likeness (QED) is 0.909. The Bertz CT molecular complexity index is 481. The van der Waals surface area contributed by atoms with Gasteiger partial charge in [-0.05, 0) is 31.5 Å². The summed E-state index contributed by atoms with van der Waals surface area (Å²) < 4.78 is 1.11. The van der Waals surface area contributed by atoms with Crippen molar-refractivity contribution in [3.63, 3.8) is 0 Å². The Balaban J connectivity index is 2.11. The fraction of sp³-hybridized carbons (Fsp3) is 0.250. The zero-order chi connectivity index (χ0) is 11.5. The average Bonchev–Trinajstić information content (AvgIpc) is 2.64. The first kappa shape index (κ1) is 11.6. The van der Waals surface area contributed by atoms with E-state index in [0.29, 0.717) is 0 Å². The van der Waals surface area contributed by atoms with Gasteiger partial charge in [-0.3, -0.25) is 0 Å². The van der Waals surface area contributed by atoms with Crippen molar-refractivity contribution in [2.75, 3.05) is 5.32 Å². The van der Waals surface area contributed by atoms with Gasteiger partial charge in [-0.15, -0.1) is 11.3 Å². The maximum atomic E-state index is 4.30. The van der Waals surface area contributed by atoms with Crippen molar-refractivity contribution < 1.29 is 0 Å². The summed E-state index contributed by atoms with van der Waals surface area (Å²) in [5.74, 6) is 0. The lowest BCUT2D eigenvalue weighted by Crippen LogP contribution is -2.05. The summed E-state index contributed by atoms with van der Waals surface area (Å²) in [7, 11) is 0. The third-order valence-corrected chi connectivity index (χ3v) is 3.65. The van der Waals surface area contributed by atoms with Crippen molar-refractivity contribution in [3.05, 3.63) is 45.4 Å². The third kappa shape index (κ3) is 2.83. The number of thiazole rings is 1. The van der Waals surface area contributed by atoms with Crippen LogP contribution in [0.1, 0.15) is 23.4 Å². The van der Waals surface area contributed by atoms with Crippen LogP contribution in [0.15, 0.2) is 34.9 Å². The molecule has 84 valence electrons. The molecule has 2 rings (SSSR count). The number of aromatic nitrogens is 1. The minimum Gasteiger partial charge on any atom is -0.355 e. The van der Waals surface area contributed by atoms with Gasteiger partial charge in [-0.2, -0.15) is 0 Å². The predicted molar refractivity (Wildman–Crippen MR) is 73.0 cm³/mol. The van der Waals surface area contributed by atoms with Crippen molar-refractivity contribution in [1.29, 1.82) is 0 Å². The van der Waals surface area contributed by atoms with E-state index in [1.807, 2.05) is 18.3 Å². The summed E-state index contributed by atoms with van der Waals surface area (Å²) >= 11 is 5.16. The Morgan fingerprint density at radius 1 is 1.44 bits per heavy atom. The van der Waals surface area contributed by atoms with Gasteiger partial charge < -0.3 is 5.32 Å². The normalized spacial score (nSPS) is 12.4. The summed E-state index contributed by atoms with van der Waals surface area (Å²) in [5, 5.41) is 4.37. The van der Waals surface area contributed by atoms with Gasteiger partial charge in [-0.25, -0.2) is 4.98 Å². The van der Waals surface area contributed by atoms with Crippen LogP contribution in [0.3, 0.4) is 0 Å². The van der Waals surface area contributed by atoms with Gasteiger partial charge in [0, 0.05) is 15.5 Å². The summed E-state index contributed by atoms with van der Waals surface area (Å²) in [5.41, 5.74) is 1.25. The molecule has 1 N–H and O–H groups in total. The highest BCUT2D eigenvalue weighted by Gasteiger charge is 2.07. The minimum atomic E-state index is 0.267. The Morgan fingerprint density at radius 3 is 2.88 bits per heavy atom. The third-order valence-electron chi connectivity index (χ3n) is 2.31. The summed E-state index contributed by atoms with van der Waals surface area (Å²) in [6.07, 6.45) is 1.89. The molecule has 1 unspecified atom stereocenters. The van der Waals surface area contributed by atoms with Crippen molar-refractivity contribution in [3.8, 4) is 0 Å². The lowest BCUT2D eigenvalue weighted by Gasteiger charge is -2.13. The fourth-order valence-corrected chi connectivity index (χ4v) is 2.63. The second-order valence-electron chi connectivity index (χ2n) is 3.70. The molecule has 0 saturated carbocycles. The molecule has 0 bridgehead atoms. The second kappa shape index (κ2) is 4.97. The molecule has 1 heterocycles. The van der Waals surface area contributed by atoms with Crippen LogP contribution in [0.2, 0.25) is 0 Å². The van der Waals surface area contributed by atoms with Crippen LogP contribution in [0.25, 0.3) is 0 Å². The van der Waals surface area contributed by atoms with Gasteiger partial charge >= 0.3 is 0 Å². The molecule has 1 aromatic heterocycles. The fourth-order valence-electron chi connectivity index (χ4n) is 1.47. The van der Waals surface area contributed by atoms with Crippen molar-refractivity contribution in [2.24, 2.45) is 0 Å². The first-order chi connectivity index (χ1) is 7.65. The molecule has 0 amide bonds. The molecule has 0 aliphatic heterocycles. The molecule has 0 spiro atoms. The van der Waals surface area contributed by atoms with Gasteiger partial charge in [0.25, 0.3) is 0 Å². The van der Waals surface area contributed by atoms with Crippen LogP contribution < -0.4 is 5.32 Å². The first-order valence-electron chi connectivity index (χ1n) is 5.09. The molecule has 0 aliphatic rings. The summed E-state index contributed by atoms with van der Waals surface area (Å²) in [4.78, 5) is 5.53. The molecular weight excluding hydrogens is 284 g/mol. The number of nitrogens with one attached hydrogen (secondary N) is 1. The average molecular weight is 297 g/mol. The van der Waals surface area contributed by atoms with Crippen molar-refractivity contribution in [2.45, 2.75) is 19.9 Å². The van der Waals surface area contributed by atoms with E-state index < -0.39 is 0 Å². The molecule has 0 radical (unpaired) electrons. The van der Waals surface area contributed by atoms with Crippen LogP contribution in [-0.2, 0) is 0 Å². The van der Waals surface area contributed by atoms with Crippen LogP contribution in [0.5, 0.6) is 0 Å². The Kier molecular flexibility index (Phi) is 3.61. The zero-order valence-corrected chi connectivity index (χ0v) is 11.6. The van der Waals surface area contributed by atoms with Gasteiger partial charge in [0.1, 0.15) is 0 Å². The van der Waals surface area contributed by atoms with E-state index in [0.717, 1.165) is 9.60 Å². The molecule has 16 heavy (non-hydrogen) atoms. The van der Waals surface area contributed by atoms with E-state index in [9.17, 15) is 0 Å². The largest absolute Gasteiger partial charge is 0.355 e. The number of aryl methyl sites for hydroxylation is 1. The number of nitrogens with zero attached hydrogens (tertiary/aromatic N) is 1. The monoisotopic (exact) mass is 296 g/mol. The molecule has 0 fully saturated rings. The number of hydrogen-bond acceptors (Lipinski definition) is 3. The number of halogens is 1. The van der Waals surface area contributed by atoms with Crippen molar-refractivity contribution >= 4 is 32.4 Å². The molecule has 0 saturated heterocycles. The molecule has 2 nitrogen and oxygen atoms in total. The lowest BCUT2D eigenvalue weighted by molar-refractivity contribution is 0.880. The highest BCUT2D eigenvalue weighted by molar-refractivity contribution is 9.10. The standard InChI is InChI=1S/C12H13BrN2S/c1-8-7-14-12(16-8)15-9(2)10-4-3-5-11(13)6-10/h3-7,9H,1-2H3,(H,14,15). The lowest BCUT2D eigenvalue weighted by atomic mass is 10.1. The van der Waals surface area contributed by atoms with Gasteiger partial charge in [0.2, 0.25) is 0 Å². The van der Waals surface area contributed by atoms with E-state index in [1.54, 1.807) is 11.3 Å². The minimum absolute atomic E-state index is 0.267. The Hall–Kier alpha value is -0.870. The Labute approximate surface area is 108 Å². The van der Waals surface area contributed by atoms with Gasteiger partial charge in [0.15, 0.2) is 5.13 Å². The maximum absolute atomic E-state index is 4.30. The second-order valence-corrected chi connectivity index (χ2v) is 5.85. The summed E-state index contributed by atoms with van der Waals surface area (Å²) in [6, 6.07) is 8.58.